The van der Waals surface area contributed by atoms with Gasteiger partial charge in [0, 0.05) is 26.6 Å². The van der Waals surface area contributed by atoms with Crippen molar-refractivity contribution in [3.63, 3.8) is 0 Å². The first-order valence-corrected chi connectivity index (χ1v) is 6.72. The number of ether oxygens (including phenoxy) is 1. The maximum Gasteiger partial charge on any atom is 0.222 e. The van der Waals surface area contributed by atoms with Gasteiger partial charge >= 0.3 is 0 Å². The van der Waals surface area contributed by atoms with E-state index in [4.69, 9.17) is 4.74 Å². The summed E-state index contributed by atoms with van der Waals surface area (Å²) in [6, 6.07) is 7.92. The number of likely N-dealkylation sites (N-methyl/N-ethyl adjacent to an activating group) is 2. The molecule has 0 aromatic heterocycles. The van der Waals surface area contributed by atoms with Crippen LogP contribution in [0.15, 0.2) is 24.3 Å². The average Bonchev–Trinajstić information content (AvgIpc) is 2.42. The van der Waals surface area contributed by atoms with Gasteiger partial charge in [-0.2, -0.15) is 0 Å². The van der Waals surface area contributed by atoms with Crippen LogP contribution in [0.25, 0.3) is 0 Å². The molecule has 0 aliphatic heterocycles. The van der Waals surface area contributed by atoms with Crippen LogP contribution in [0.1, 0.15) is 18.4 Å². The Kier molecular flexibility index (Phi) is 6.97. The van der Waals surface area contributed by atoms with E-state index < -0.39 is 0 Å². The fraction of sp³-hybridized carbons (Fsp3) is 0.533. The van der Waals surface area contributed by atoms with Crippen molar-refractivity contribution in [3.8, 4) is 5.75 Å². The van der Waals surface area contributed by atoms with Crippen molar-refractivity contribution in [2.75, 3.05) is 33.8 Å². The number of hydrogen-bond acceptors (Lipinski definition) is 3. The van der Waals surface area contributed by atoms with Crippen LogP contribution in [0.5, 0.6) is 5.75 Å². The van der Waals surface area contributed by atoms with E-state index in [2.05, 4.69) is 5.32 Å². The van der Waals surface area contributed by atoms with Crippen LogP contribution in [0.2, 0.25) is 0 Å². The zero-order valence-electron chi connectivity index (χ0n) is 12.1. The molecule has 106 valence electrons. The Morgan fingerprint density at radius 2 is 2.11 bits per heavy atom. The van der Waals surface area contributed by atoms with E-state index in [1.54, 1.807) is 4.90 Å². The van der Waals surface area contributed by atoms with Gasteiger partial charge in [0.05, 0.1) is 6.61 Å². The summed E-state index contributed by atoms with van der Waals surface area (Å²) >= 11 is 0. The molecule has 0 heterocycles. The van der Waals surface area contributed by atoms with Gasteiger partial charge in [-0.3, -0.25) is 4.79 Å². The first kappa shape index (κ1) is 15.5. The summed E-state index contributed by atoms with van der Waals surface area (Å²) in [4.78, 5) is 13.5. The molecule has 1 amide bonds. The summed E-state index contributed by atoms with van der Waals surface area (Å²) in [7, 11) is 3.72. The summed E-state index contributed by atoms with van der Waals surface area (Å²) in [5, 5.41) is 3.03. The normalized spacial score (nSPS) is 10.3. The Hall–Kier alpha value is -1.55. The standard InChI is InChI=1S/C15H24N2O2/c1-13-7-4-5-8-14(13)19-12-6-9-15(18)17(3)11-10-16-2/h4-5,7-8,16H,6,9-12H2,1-3H3. The second-order valence-corrected chi connectivity index (χ2v) is 4.64. The first-order valence-electron chi connectivity index (χ1n) is 6.72. The predicted molar refractivity (Wildman–Crippen MR) is 77.5 cm³/mol. The Morgan fingerprint density at radius 3 is 2.79 bits per heavy atom. The number of nitrogens with one attached hydrogen (secondary N) is 1. The fourth-order valence-corrected chi connectivity index (χ4v) is 1.72. The number of nitrogens with zero attached hydrogens (tertiary/aromatic N) is 1. The molecule has 1 N–H and O–H groups in total. The molecule has 1 aromatic rings. The summed E-state index contributed by atoms with van der Waals surface area (Å²) in [5.74, 6) is 1.07. The minimum Gasteiger partial charge on any atom is -0.493 e. The zero-order chi connectivity index (χ0) is 14.1. The highest BCUT2D eigenvalue weighted by Crippen LogP contribution is 2.16. The number of rotatable bonds is 8. The minimum absolute atomic E-state index is 0.170. The quantitative estimate of drug-likeness (QED) is 0.728. The third kappa shape index (κ3) is 5.75. The van der Waals surface area contributed by atoms with Crippen molar-refractivity contribution in [1.29, 1.82) is 0 Å². The first-order chi connectivity index (χ1) is 9.15. The highest BCUT2D eigenvalue weighted by Gasteiger charge is 2.07. The topological polar surface area (TPSA) is 41.6 Å². The van der Waals surface area contributed by atoms with E-state index >= 15 is 0 Å². The third-order valence-corrected chi connectivity index (χ3v) is 3.01. The maximum atomic E-state index is 11.8. The Balaban J connectivity index is 2.20. The van der Waals surface area contributed by atoms with E-state index in [0.717, 1.165) is 30.8 Å². The molecule has 0 atom stereocenters. The molecule has 4 heteroatoms. The Labute approximate surface area is 115 Å². The van der Waals surface area contributed by atoms with E-state index in [1.807, 2.05) is 45.3 Å². The zero-order valence-corrected chi connectivity index (χ0v) is 12.1. The molecular formula is C15H24N2O2. The van der Waals surface area contributed by atoms with Gasteiger partial charge in [0.15, 0.2) is 0 Å². The molecular weight excluding hydrogens is 240 g/mol. The monoisotopic (exact) mass is 264 g/mol. The minimum atomic E-state index is 0.170. The second-order valence-electron chi connectivity index (χ2n) is 4.64. The molecule has 0 aliphatic rings. The van der Waals surface area contributed by atoms with Crippen molar-refractivity contribution >= 4 is 5.91 Å². The van der Waals surface area contributed by atoms with Crippen LogP contribution in [0.3, 0.4) is 0 Å². The van der Waals surface area contributed by atoms with E-state index in [9.17, 15) is 4.79 Å². The highest BCUT2D eigenvalue weighted by atomic mass is 16.5. The van der Waals surface area contributed by atoms with Crippen LogP contribution in [-0.4, -0.2) is 44.6 Å². The molecule has 0 aliphatic carbocycles. The molecule has 0 saturated heterocycles. The molecule has 4 nitrogen and oxygen atoms in total. The lowest BCUT2D eigenvalue weighted by atomic mass is 10.2. The number of benzene rings is 1. The molecule has 1 aromatic carbocycles. The van der Waals surface area contributed by atoms with E-state index in [0.29, 0.717) is 13.0 Å². The summed E-state index contributed by atoms with van der Waals surface area (Å²) in [6.45, 7) is 4.17. The lowest BCUT2D eigenvalue weighted by molar-refractivity contribution is -0.130. The van der Waals surface area contributed by atoms with Crippen molar-refractivity contribution in [1.82, 2.24) is 10.2 Å². The Bertz CT molecular complexity index is 393. The SMILES string of the molecule is CNCCN(C)C(=O)CCCOc1ccccc1C. The molecule has 0 saturated carbocycles. The molecule has 0 unspecified atom stereocenters. The number of para-hydroxylation sites is 1. The largest absolute Gasteiger partial charge is 0.493 e. The van der Waals surface area contributed by atoms with Gasteiger partial charge < -0.3 is 15.0 Å². The van der Waals surface area contributed by atoms with Crippen LogP contribution < -0.4 is 10.1 Å². The van der Waals surface area contributed by atoms with Crippen molar-refractivity contribution in [3.05, 3.63) is 29.8 Å². The number of amides is 1. The summed E-state index contributed by atoms with van der Waals surface area (Å²) in [5.41, 5.74) is 1.12. The van der Waals surface area contributed by atoms with Gasteiger partial charge in [-0.05, 0) is 32.0 Å². The van der Waals surface area contributed by atoms with Crippen LogP contribution in [0, 0.1) is 6.92 Å². The smallest absolute Gasteiger partial charge is 0.222 e. The van der Waals surface area contributed by atoms with Crippen molar-refractivity contribution in [2.45, 2.75) is 19.8 Å². The third-order valence-electron chi connectivity index (χ3n) is 3.01. The molecule has 1 rings (SSSR count). The molecule has 19 heavy (non-hydrogen) atoms. The number of aryl methyl sites for hydroxylation is 1. The van der Waals surface area contributed by atoms with Gasteiger partial charge in [-0.15, -0.1) is 0 Å². The van der Waals surface area contributed by atoms with E-state index in [-0.39, 0.29) is 5.91 Å². The van der Waals surface area contributed by atoms with Crippen molar-refractivity contribution in [2.24, 2.45) is 0 Å². The second kappa shape index (κ2) is 8.53. The average molecular weight is 264 g/mol. The predicted octanol–water partition coefficient (Wildman–Crippen LogP) is 1.83. The van der Waals surface area contributed by atoms with Crippen LogP contribution >= 0.6 is 0 Å². The van der Waals surface area contributed by atoms with Gasteiger partial charge in [-0.1, -0.05) is 18.2 Å². The summed E-state index contributed by atoms with van der Waals surface area (Å²) < 4.78 is 5.66. The molecule has 0 radical (unpaired) electrons. The molecule has 0 fully saturated rings. The van der Waals surface area contributed by atoms with Crippen molar-refractivity contribution < 1.29 is 9.53 Å². The maximum absolute atomic E-state index is 11.8. The van der Waals surface area contributed by atoms with Gasteiger partial charge in [-0.25, -0.2) is 0 Å². The fourth-order valence-electron chi connectivity index (χ4n) is 1.72. The number of carbonyl (C=O) groups is 1. The lowest BCUT2D eigenvalue weighted by Crippen LogP contribution is -2.32. The number of carbonyl (C=O) groups excluding carboxylic acids is 1. The highest BCUT2D eigenvalue weighted by molar-refractivity contribution is 5.75. The van der Waals surface area contributed by atoms with Crippen LogP contribution in [0.4, 0.5) is 0 Å². The van der Waals surface area contributed by atoms with Gasteiger partial charge in [0.1, 0.15) is 5.75 Å². The molecule has 0 bridgehead atoms. The number of hydrogen-bond donors (Lipinski definition) is 1. The van der Waals surface area contributed by atoms with E-state index in [1.165, 1.54) is 0 Å². The van der Waals surface area contributed by atoms with Gasteiger partial charge in [0.25, 0.3) is 0 Å². The Morgan fingerprint density at radius 1 is 1.37 bits per heavy atom. The van der Waals surface area contributed by atoms with Gasteiger partial charge in [0.2, 0.25) is 5.91 Å². The molecule has 0 spiro atoms. The van der Waals surface area contributed by atoms with Crippen LogP contribution in [-0.2, 0) is 4.79 Å². The summed E-state index contributed by atoms with van der Waals surface area (Å²) in [6.07, 6.45) is 1.28. The lowest BCUT2D eigenvalue weighted by Gasteiger charge is -2.17.